The fourth-order valence-corrected chi connectivity index (χ4v) is 4.92. The molecule has 1 atom stereocenters. The molecule has 140 valence electrons. The van der Waals surface area contributed by atoms with Gasteiger partial charge in [-0.15, -0.1) is 11.3 Å². The number of hydrogen-bond acceptors (Lipinski definition) is 6. The molecule has 4 rings (SSSR count). The Hall–Kier alpha value is -2.09. The van der Waals surface area contributed by atoms with E-state index < -0.39 is 0 Å². The maximum Gasteiger partial charge on any atom is 0.270 e. The molecule has 1 saturated heterocycles. The highest BCUT2D eigenvalue weighted by molar-refractivity contribution is 7.99. The second kappa shape index (κ2) is 8.73. The molecule has 3 heterocycles. The molecule has 1 aromatic carbocycles. The predicted octanol–water partition coefficient (Wildman–Crippen LogP) is 3.92. The lowest BCUT2D eigenvalue weighted by Gasteiger charge is -2.33. The molecule has 0 spiro atoms. The second-order valence-corrected chi connectivity index (χ2v) is 8.42. The Balaban J connectivity index is 1.43. The maximum absolute atomic E-state index is 12.6. The summed E-state index contributed by atoms with van der Waals surface area (Å²) in [5.41, 5.74) is 2.60. The minimum atomic E-state index is -0.131. The van der Waals surface area contributed by atoms with Crippen molar-refractivity contribution in [1.29, 1.82) is 0 Å². The molecule has 1 fully saturated rings. The Kier molecular flexibility index (Phi) is 5.91. The van der Waals surface area contributed by atoms with E-state index in [2.05, 4.69) is 15.2 Å². The minimum absolute atomic E-state index is 0.126. The van der Waals surface area contributed by atoms with E-state index in [0.717, 1.165) is 40.7 Å². The summed E-state index contributed by atoms with van der Waals surface area (Å²) >= 11 is 3.47. The average Bonchev–Trinajstić information content (AvgIpc) is 3.42. The van der Waals surface area contributed by atoms with Gasteiger partial charge >= 0.3 is 0 Å². The monoisotopic (exact) mass is 399 g/mol. The maximum atomic E-state index is 12.6. The molecule has 1 aliphatic rings. The number of hydrogen-bond donors (Lipinski definition) is 1. The summed E-state index contributed by atoms with van der Waals surface area (Å²) in [6, 6.07) is 12.0. The van der Waals surface area contributed by atoms with E-state index in [9.17, 15) is 4.79 Å². The van der Waals surface area contributed by atoms with Gasteiger partial charge in [-0.25, -0.2) is 4.98 Å². The minimum Gasteiger partial charge on any atom is -0.472 e. The molecule has 1 unspecified atom stereocenters. The number of carbonyl (C=O) groups excluding carboxylic acids is 1. The molecule has 0 radical (unpaired) electrons. The summed E-state index contributed by atoms with van der Waals surface area (Å²) < 4.78 is 5.27. The van der Waals surface area contributed by atoms with Gasteiger partial charge in [-0.05, 0) is 6.07 Å². The van der Waals surface area contributed by atoms with E-state index in [-0.39, 0.29) is 11.9 Å². The van der Waals surface area contributed by atoms with Crippen molar-refractivity contribution in [2.24, 2.45) is 0 Å². The van der Waals surface area contributed by atoms with Gasteiger partial charge in [0.2, 0.25) is 0 Å². The lowest BCUT2D eigenvalue weighted by Crippen LogP contribution is -2.42. The van der Waals surface area contributed by atoms with E-state index in [1.807, 2.05) is 53.5 Å². The first kappa shape index (κ1) is 18.3. The van der Waals surface area contributed by atoms with Crippen molar-refractivity contribution < 1.29 is 9.21 Å². The number of benzene rings is 1. The zero-order valence-electron chi connectivity index (χ0n) is 14.8. The predicted molar refractivity (Wildman–Crippen MR) is 110 cm³/mol. The molecule has 1 N–H and O–H groups in total. The lowest BCUT2D eigenvalue weighted by atomic mass is 10.1. The molecule has 5 nitrogen and oxygen atoms in total. The summed E-state index contributed by atoms with van der Waals surface area (Å²) in [5.74, 6) is 2.11. The summed E-state index contributed by atoms with van der Waals surface area (Å²) in [6.07, 6.45) is 3.46. The highest BCUT2D eigenvalue weighted by Crippen LogP contribution is 2.25. The molecule has 0 bridgehead atoms. The van der Waals surface area contributed by atoms with Gasteiger partial charge in [-0.3, -0.25) is 9.69 Å². The number of nitrogens with zero attached hydrogens (tertiary/aromatic N) is 2. The molecule has 27 heavy (non-hydrogen) atoms. The van der Waals surface area contributed by atoms with Crippen LogP contribution in [-0.4, -0.2) is 46.9 Å². The molecule has 1 amide bonds. The van der Waals surface area contributed by atoms with Crippen LogP contribution in [-0.2, 0) is 0 Å². The van der Waals surface area contributed by atoms with E-state index >= 15 is 0 Å². The van der Waals surface area contributed by atoms with Gasteiger partial charge in [0.15, 0.2) is 0 Å². The number of aromatic nitrogens is 1. The van der Waals surface area contributed by atoms with Crippen LogP contribution in [0.15, 0.2) is 58.7 Å². The quantitative estimate of drug-likeness (QED) is 0.681. The molecule has 0 aliphatic carbocycles. The summed E-state index contributed by atoms with van der Waals surface area (Å²) in [5, 5.41) is 5.75. The third kappa shape index (κ3) is 4.43. The lowest BCUT2D eigenvalue weighted by molar-refractivity contribution is 0.0930. The van der Waals surface area contributed by atoms with Crippen molar-refractivity contribution >= 4 is 29.0 Å². The Labute approximate surface area is 166 Å². The van der Waals surface area contributed by atoms with Crippen molar-refractivity contribution in [3.05, 3.63) is 65.6 Å². The van der Waals surface area contributed by atoms with Crippen LogP contribution in [0.1, 0.15) is 22.1 Å². The summed E-state index contributed by atoms with van der Waals surface area (Å²) in [4.78, 5) is 19.6. The van der Waals surface area contributed by atoms with Gasteiger partial charge in [-0.1, -0.05) is 30.3 Å². The standard InChI is InChI=1S/C20H21N3O2S2/c24-19(17-14-27-20(22-17)15-4-2-1-3-5-15)21-12-18(16-6-9-25-13-16)23-7-10-26-11-8-23/h1-6,9,13-14,18H,7-8,10-12H2,(H,21,24). The number of amides is 1. The van der Waals surface area contributed by atoms with Gasteiger partial charge in [-0.2, -0.15) is 11.8 Å². The number of carbonyl (C=O) groups is 1. The van der Waals surface area contributed by atoms with E-state index in [4.69, 9.17) is 4.42 Å². The van der Waals surface area contributed by atoms with Crippen LogP contribution in [0.2, 0.25) is 0 Å². The van der Waals surface area contributed by atoms with Gasteiger partial charge in [0, 0.05) is 47.6 Å². The number of nitrogens with one attached hydrogen (secondary N) is 1. The summed E-state index contributed by atoms with van der Waals surface area (Å²) in [6.45, 7) is 2.58. The zero-order valence-corrected chi connectivity index (χ0v) is 16.5. The molecular weight excluding hydrogens is 378 g/mol. The smallest absolute Gasteiger partial charge is 0.270 e. The third-order valence-electron chi connectivity index (χ3n) is 4.63. The topological polar surface area (TPSA) is 58.4 Å². The fraction of sp³-hybridized carbons (Fsp3) is 0.300. The third-order valence-corrected chi connectivity index (χ3v) is 6.46. The largest absolute Gasteiger partial charge is 0.472 e. The van der Waals surface area contributed by atoms with Crippen LogP contribution in [0, 0.1) is 0 Å². The van der Waals surface area contributed by atoms with E-state index in [1.54, 1.807) is 12.5 Å². The van der Waals surface area contributed by atoms with Crippen LogP contribution < -0.4 is 5.32 Å². The number of rotatable bonds is 6. The average molecular weight is 400 g/mol. The van der Waals surface area contributed by atoms with Crippen LogP contribution in [0.4, 0.5) is 0 Å². The van der Waals surface area contributed by atoms with Crippen molar-refractivity contribution in [1.82, 2.24) is 15.2 Å². The highest BCUT2D eigenvalue weighted by atomic mass is 32.2. The van der Waals surface area contributed by atoms with E-state index in [0.29, 0.717) is 12.2 Å². The Morgan fingerprint density at radius 1 is 1.22 bits per heavy atom. The SMILES string of the molecule is O=C(NCC(c1ccoc1)N1CCSCC1)c1csc(-c2ccccc2)n1. The summed E-state index contributed by atoms with van der Waals surface area (Å²) in [7, 11) is 0. The molecular formula is C20H21N3O2S2. The van der Waals surface area contributed by atoms with Crippen LogP contribution in [0.25, 0.3) is 10.6 Å². The molecule has 0 saturated carbocycles. The second-order valence-electron chi connectivity index (χ2n) is 6.33. The Morgan fingerprint density at radius 2 is 2.04 bits per heavy atom. The van der Waals surface area contributed by atoms with Gasteiger partial charge in [0.05, 0.1) is 18.6 Å². The van der Waals surface area contributed by atoms with Gasteiger partial charge in [0.25, 0.3) is 5.91 Å². The number of thioether (sulfide) groups is 1. The fourth-order valence-electron chi connectivity index (χ4n) is 3.18. The first-order valence-electron chi connectivity index (χ1n) is 8.94. The number of thiazole rings is 1. The van der Waals surface area contributed by atoms with Crippen LogP contribution in [0.3, 0.4) is 0 Å². The van der Waals surface area contributed by atoms with Crippen LogP contribution >= 0.6 is 23.1 Å². The number of furan rings is 1. The van der Waals surface area contributed by atoms with Crippen molar-refractivity contribution in [3.63, 3.8) is 0 Å². The van der Waals surface area contributed by atoms with Crippen molar-refractivity contribution in [2.45, 2.75) is 6.04 Å². The molecule has 7 heteroatoms. The molecule has 2 aromatic heterocycles. The molecule has 1 aliphatic heterocycles. The van der Waals surface area contributed by atoms with E-state index in [1.165, 1.54) is 11.3 Å². The first-order chi connectivity index (χ1) is 13.3. The van der Waals surface area contributed by atoms with Gasteiger partial charge in [0.1, 0.15) is 10.7 Å². The zero-order chi connectivity index (χ0) is 18.5. The molecule has 3 aromatic rings. The van der Waals surface area contributed by atoms with Crippen molar-refractivity contribution in [3.8, 4) is 10.6 Å². The van der Waals surface area contributed by atoms with Gasteiger partial charge < -0.3 is 9.73 Å². The van der Waals surface area contributed by atoms with Crippen molar-refractivity contribution in [2.75, 3.05) is 31.1 Å². The van der Waals surface area contributed by atoms with Crippen LogP contribution in [0.5, 0.6) is 0 Å². The Bertz CT molecular complexity index is 859. The highest BCUT2D eigenvalue weighted by Gasteiger charge is 2.24. The normalized spacial score (nSPS) is 16.1. The Morgan fingerprint density at radius 3 is 2.78 bits per heavy atom. The first-order valence-corrected chi connectivity index (χ1v) is 11.0.